The average Bonchev–Trinajstić information content (AvgIpc) is 2.46. The van der Waals surface area contributed by atoms with Crippen molar-refractivity contribution in [2.75, 3.05) is 18.4 Å². The molecule has 1 saturated heterocycles. The van der Waals surface area contributed by atoms with Gasteiger partial charge in [-0.3, -0.25) is 0 Å². The molecule has 0 saturated carbocycles. The minimum Gasteiger partial charge on any atom is -0.382 e. The normalized spacial score (nSPS) is 19.9. The van der Waals surface area contributed by atoms with Gasteiger partial charge in [0.1, 0.15) is 0 Å². The number of benzene rings is 1. The maximum Gasteiger partial charge on any atom is 0.0950 e. The van der Waals surface area contributed by atoms with Crippen molar-refractivity contribution in [2.24, 2.45) is 0 Å². The fraction of sp³-hybridized carbons (Fsp3) is 0.429. The first-order valence-corrected chi connectivity index (χ1v) is 6.61. The maximum absolute atomic E-state index is 4.13. The summed E-state index contributed by atoms with van der Waals surface area (Å²) in [6, 6.07) is 8.68. The lowest BCUT2D eigenvalue weighted by molar-refractivity contribution is 0.414. The quantitative estimate of drug-likeness (QED) is 0.866. The molecule has 1 aliphatic rings. The Kier molecular flexibility index (Phi) is 3.37. The van der Waals surface area contributed by atoms with Crippen LogP contribution < -0.4 is 10.6 Å². The molecule has 1 aromatic heterocycles. The molecule has 1 aliphatic heterocycles. The molecule has 2 aromatic rings. The van der Waals surface area contributed by atoms with E-state index >= 15 is 0 Å². The Balaban J connectivity index is 1.74. The van der Waals surface area contributed by atoms with Crippen molar-refractivity contribution in [1.29, 1.82) is 0 Å². The molecule has 94 valence electrons. The highest BCUT2D eigenvalue weighted by Crippen LogP contribution is 2.20. The van der Waals surface area contributed by atoms with Gasteiger partial charge in [-0.15, -0.1) is 0 Å². The van der Waals surface area contributed by atoms with Crippen molar-refractivity contribution < 1.29 is 0 Å². The average molecular weight is 242 g/mol. The van der Waals surface area contributed by atoms with Crippen LogP contribution in [0, 0.1) is 0 Å². The van der Waals surface area contributed by atoms with Gasteiger partial charge < -0.3 is 10.6 Å². The van der Waals surface area contributed by atoms with Crippen molar-refractivity contribution >= 4 is 16.6 Å². The SMILES string of the molecule is c1ccc2c(NCC3CCCCN3)cnnc2c1. The summed E-state index contributed by atoms with van der Waals surface area (Å²) in [6.07, 6.45) is 5.69. The number of anilines is 1. The van der Waals surface area contributed by atoms with E-state index in [0.717, 1.165) is 29.7 Å². The maximum atomic E-state index is 4.13. The monoisotopic (exact) mass is 242 g/mol. The Labute approximate surface area is 107 Å². The predicted molar refractivity (Wildman–Crippen MR) is 73.7 cm³/mol. The van der Waals surface area contributed by atoms with Gasteiger partial charge in [-0.25, -0.2) is 0 Å². The van der Waals surface area contributed by atoms with Gasteiger partial charge in [0.2, 0.25) is 0 Å². The summed E-state index contributed by atoms with van der Waals surface area (Å²) >= 11 is 0. The fourth-order valence-corrected chi connectivity index (χ4v) is 2.48. The number of nitrogens with zero attached hydrogens (tertiary/aromatic N) is 2. The third-order valence-electron chi connectivity index (χ3n) is 3.50. The van der Waals surface area contributed by atoms with Gasteiger partial charge >= 0.3 is 0 Å². The summed E-state index contributed by atoms with van der Waals surface area (Å²) < 4.78 is 0. The van der Waals surface area contributed by atoms with Crippen molar-refractivity contribution in [1.82, 2.24) is 15.5 Å². The number of fused-ring (bicyclic) bond motifs is 1. The van der Waals surface area contributed by atoms with E-state index in [1.54, 1.807) is 0 Å². The molecule has 2 N–H and O–H groups in total. The number of nitrogens with one attached hydrogen (secondary N) is 2. The molecule has 4 heteroatoms. The Bertz CT molecular complexity index is 515. The Morgan fingerprint density at radius 1 is 1.28 bits per heavy atom. The van der Waals surface area contributed by atoms with Crippen molar-refractivity contribution in [3.05, 3.63) is 30.5 Å². The number of hydrogen-bond donors (Lipinski definition) is 2. The van der Waals surface area contributed by atoms with Crippen LogP contribution in [0.25, 0.3) is 10.9 Å². The van der Waals surface area contributed by atoms with Crippen LogP contribution in [0.4, 0.5) is 5.69 Å². The zero-order valence-electron chi connectivity index (χ0n) is 10.4. The molecule has 0 bridgehead atoms. The molecule has 0 aliphatic carbocycles. The van der Waals surface area contributed by atoms with Gasteiger partial charge in [0.25, 0.3) is 0 Å². The second-order valence-electron chi connectivity index (χ2n) is 4.80. The molecule has 1 atom stereocenters. The summed E-state index contributed by atoms with van der Waals surface area (Å²) in [5, 5.41) is 16.3. The third-order valence-corrected chi connectivity index (χ3v) is 3.50. The van der Waals surface area contributed by atoms with Crippen LogP contribution in [0.5, 0.6) is 0 Å². The number of rotatable bonds is 3. The standard InChI is InChI=1S/C14H18N4/c1-2-7-13-12(6-1)14(10-17-18-13)16-9-11-5-3-4-8-15-11/h1-2,6-7,10-11,15H,3-5,8-9H2,(H,16,18). The first-order chi connectivity index (χ1) is 8.93. The lowest BCUT2D eigenvalue weighted by atomic mass is 10.1. The van der Waals surface area contributed by atoms with E-state index in [1.165, 1.54) is 19.3 Å². The number of hydrogen-bond acceptors (Lipinski definition) is 4. The van der Waals surface area contributed by atoms with Crippen LogP contribution in [0.15, 0.2) is 30.5 Å². The van der Waals surface area contributed by atoms with Crippen LogP contribution in [-0.4, -0.2) is 29.3 Å². The minimum absolute atomic E-state index is 0.575. The van der Waals surface area contributed by atoms with E-state index in [4.69, 9.17) is 0 Å². The van der Waals surface area contributed by atoms with Gasteiger partial charge in [0, 0.05) is 18.0 Å². The van der Waals surface area contributed by atoms with Gasteiger partial charge in [-0.1, -0.05) is 24.6 Å². The van der Waals surface area contributed by atoms with Crippen LogP contribution >= 0.6 is 0 Å². The first kappa shape index (κ1) is 11.4. The Hall–Kier alpha value is -1.68. The summed E-state index contributed by atoms with van der Waals surface area (Å²) in [4.78, 5) is 0. The molecular weight excluding hydrogens is 224 g/mol. The van der Waals surface area contributed by atoms with E-state index in [2.05, 4.69) is 26.9 Å². The Morgan fingerprint density at radius 2 is 2.22 bits per heavy atom. The third kappa shape index (κ3) is 2.43. The van der Waals surface area contributed by atoms with Crippen LogP contribution in [0.2, 0.25) is 0 Å². The van der Waals surface area contributed by atoms with E-state index < -0.39 is 0 Å². The van der Waals surface area contributed by atoms with Gasteiger partial charge in [-0.05, 0) is 25.5 Å². The molecule has 0 amide bonds. The summed E-state index contributed by atoms with van der Waals surface area (Å²) in [7, 11) is 0. The molecule has 0 spiro atoms. The molecular formula is C14H18N4. The Morgan fingerprint density at radius 3 is 3.11 bits per heavy atom. The van der Waals surface area contributed by atoms with E-state index in [1.807, 2.05) is 24.4 Å². The molecule has 1 fully saturated rings. The van der Waals surface area contributed by atoms with Crippen molar-refractivity contribution in [3.63, 3.8) is 0 Å². The van der Waals surface area contributed by atoms with Crippen LogP contribution in [-0.2, 0) is 0 Å². The van der Waals surface area contributed by atoms with Crippen molar-refractivity contribution in [2.45, 2.75) is 25.3 Å². The highest BCUT2D eigenvalue weighted by Gasteiger charge is 2.12. The molecule has 1 aromatic carbocycles. The molecule has 2 heterocycles. The second kappa shape index (κ2) is 5.31. The number of aromatic nitrogens is 2. The van der Waals surface area contributed by atoms with Crippen LogP contribution in [0.3, 0.4) is 0 Å². The van der Waals surface area contributed by atoms with Gasteiger partial charge in [0.05, 0.1) is 17.4 Å². The van der Waals surface area contributed by atoms with Gasteiger partial charge in [-0.2, -0.15) is 10.2 Å². The zero-order chi connectivity index (χ0) is 12.2. The van der Waals surface area contributed by atoms with Crippen molar-refractivity contribution in [3.8, 4) is 0 Å². The first-order valence-electron chi connectivity index (χ1n) is 6.61. The second-order valence-corrected chi connectivity index (χ2v) is 4.80. The fourth-order valence-electron chi connectivity index (χ4n) is 2.48. The summed E-state index contributed by atoms with van der Waals surface area (Å²) in [5.41, 5.74) is 2.02. The van der Waals surface area contributed by atoms with E-state index in [0.29, 0.717) is 6.04 Å². The smallest absolute Gasteiger partial charge is 0.0950 e. The zero-order valence-corrected chi connectivity index (χ0v) is 10.4. The largest absolute Gasteiger partial charge is 0.382 e. The van der Waals surface area contributed by atoms with Gasteiger partial charge in [0.15, 0.2) is 0 Å². The molecule has 4 nitrogen and oxygen atoms in total. The molecule has 0 radical (unpaired) electrons. The highest BCUT2D eigenvalue weighted by molar-refractivity contribution is 5.90. The van der Waals surface area contributed by atoms with Crippen LogP contribution in [0.1, 0.15) is 19.3 Å². The summed E-state index contributed by atoms with van der Waals surface area (Å²) in [6.45, 7) is 2.09. The van der Waals surface area contributed by atoms with E-state index in [-0.39, 0.29) is 0 Å². The highest BCUT2D eigenvalue weighted by atomic mass is 15.1. The lowest BCUT2D eigenvalue weighted by Gasteiger charge is -2.24. The predicted octanol–water partition coefficient (Wildman–Crippen LogP) is 2.18. The van der Waals surface area contributed by atoms with E-state index in [9.17, 15) is 0 Å². The minimum atomic E-state index is 0.575. The molecule has 18 heavy (non-hydrogen) atoms. The lowest BCUT2D eigenvalue weighted by Crippen LogP contribution is -2.39. The molecule has 1 unspecified atom stereocenters. The topological polar surface area (TPSA) is 49.8 Å². The summed E-state index contributed by atoms with van der Waals surface area (Å²) in [5.74, 6) is 0. The molecule has 3 rings (SSSR count). The number of piperidine rings is 1.